The smallest absolute Gasteiger partial charge is 0.262 e. The van der Waals surface area contributed by atoms with Crippen molar-refractivity contribution in [3.8, 4) is 40.1 Å². The molecular weight excluding hydrogens is 406 g/mol. The van der Waals surface area contributed by atoms with Crippen LogP contribution in [-0.4, -0.2) is 24.4 Å². The normalized spacial score (nSPS) is 10.7. The Bertz CT molecular complexity index is 1210. The Morgan fingerprint density at radius 2 is 1.65 bits per heavy atom. The highest BCUT2D eigenvalue weighted by molar-refractivity contribution is 5.66. The number of hydrogen-bond acceptors (Lipinski definition) is 6. The Labute approximate surface area is 177 Å². The maximum absolute atomic E-state index is 13.4. The highest BCUT2D eigenvalue weighted by atomic mass is 19.2. The summed E-state index contributed by atoms with van der Waals surface area (Å²) in [7, 11) is 3.07. The fourth-order valence-corrected chi connectivity index (χ4v) is 2.99. The van der Waals surface area contributed by atoms with Crippen LogP contribution >= 0.6 is 0 Å². The SMILES string of the molecule is COc1cc(-c2noc(-c3ccccc3OC)n2)ccc1OCc1ccc(F)c(F)c1. The van der Waals surface area contributed by atoms with Crippen molar-refractivity contribution in [3.05, 3.63) is 77.9 Å². The number of ether oxygens (including phenoxy) is 3. The minimum atomic E-state index is -0.925. The number of rotatable bonds is 7. The van der Waals surface area contributed by atoms with E-state index in [4.69, 9.17) is 18.7 Å². The summed E-state index contributed by atoms with van der Waals surface area (Å²) in [6.07, 6.45) is 0. The van der Waals surface area contributed by atoms with E-state index in [0.717, 1.165) is 12.1 Å². The zero-order valence-electron chi connectivity index (χ0n) is 16.8. The minimum Gasteiger partial charge on any atom is -0.496 e. The van der Waals surface area contributed by atoms with E-state index in [9.17, 15) is 8.78 Å². The lowest BCUT2D eigenvalue weighted by Gasteiger charge is -2.11. The maximum atomic E-state index is 13.4. The topological polar surface area (TPSA) is 66.6 Å². The summed E-state index contributed by atoms with van der Waals surface area (Å²) in [4.78, 5) is 4.44. The van der Waals surface area contributed by atoms with Crippen molar-refractivity contribution in [1.29, 1.82) is 0 Å². The number of methoxy groups -OCH3 is 2. The summed E-state index contributed by atoms with van der Waals surface area (Å²) in [6, 6.07) is 16.1. The third kappa shape index (κ3) is 4.32. The first kappa shape index (κ1) is 20.3. The monoisotopic (exact) mass is 424 g/mol. The molecule has 3 aromatic carbocycles. The third-order valence-corrected chi connectivity index (χ3v) is 4.56. The molecule has 0 saturated carbocycles. The molecule has 0 atom stereocenters. The van der Waals surface area contributed by atoms with Gasteiger partial charge in [-0.1, -0.05) is 23.4 Å². The number of hydrogen-bond donors (Lipinski definition) is 0. The van der Waals surface area contributed by atoms with Crippen molar-refractivity contribution in [1.82, 2.24) is 10.1 Å². The molecule has 1 aromatic heterocycles. The van der Waals surface area contributed by atoms with Crippen LogP contribution in [0.15, 0.2) is 65.2 Å². The summed E-state index contributed by atoms with van der Waals surface area (Å²) in [5.74, 6) is 0.352. The van der Waals surface area contributed by atoms with E-state index in [0.29, 0.717) is 45.7 Å². The van der Waals surface area contributed by atoms with Crippen LogP contribution in [-0.2, 0) is 6.61 Å². The summed E-state index contributed by atoms with van der Waals surface area (Å²) >= 11 is 0. The van der Waals surface area contributed by atoms with Crippen molar-refractivity contribution >= 4 is 0 Å². The average molecular weight is 424 g/mol. The number of aromatic nitrogens is 2. The molecule has 0 aliphatic rings. The first-order chi connectivity index (χ1) is 15.1. The van der Waals surface area contributed by atoms with Crippen molar-refractivity contribution in [2.75, 3.05) is 14.2 Å². The van der Waals surface area contributed by atoms with E-state index in [1.54, 1.807) is 31.4 Å². The van der Waals surface area contributed by atoms with Crippen LogP contribution in [0.5, 0.6) is 17.2 Å². The predicted octanol–water partition coefficient (Wildman–Crippen LogP) is 5.28. The molecule has 31 heavy (non-hydrogen) atoms. The van der Waals surface area contributed by atoms with Crippen molar-refractivity contribution in [2.45, 2.75) is 6.61 Å². The van der Waals surface area contributed by atoms with Gasteiger partial charge in [0.2, 0.25) is 5.82 Å². The molecule has 158 valence electrons. The average Bonchev–Trinajstić information content (AvgIpc) is 3.30. The number of nitrogens with zero attached hydrogens (tertiary/aromatic N) is 2. The van der Waals surface area contributed by atoms with Gasteiger partial charge in [-0.2, -0.15) is 4.98 Å². The van der Waals surface area contributed by atoms with Crippen LogP contribution in [0.3, 0.4) is 0 Å². The van der Waals surface area contributed by atoms with Crippen molar-refractivity contribution in [2.24, 2.45) is 0 Å². The maximum Gasteiger partial charge on any atom is 0.262 e. The Morgan fingerprint density at radius 1 is 0.839 bits per heavy atom. The predicted molar refractivity (Wildman–Crippen MR) is 109 cm³/mol. The first-order valence-electron chi connectivity index (χ1n) is 9.31. The second-order valence-corrected chi connectivity index (χ2v) is 6.53. The molecule has 0 saturated heterocycles. The van der Waals surface area contributed by atoms with Crippen LogP contribution in [0.2, 0.25) is 0 Å². The van der Waals surface area contributed by atoms with Crippen molar-refractivity contribution in [3.63, 3.8) is 0 Å². The first-order valence-corrected chi connectivity index (χ1v) is 9.31. The summed E-state index contributed by atoms with van der Waals surface area (Å²) in [5.41, 5.74) is 1.83. The van der Waals surface area contributed by atoms with Gasteiger partial charge in [-0.15, -0.1) is 0 Å². The molecule has 0 aliphatic carbocycles. The molecule has 1 heterocycles. The Hall–Kier alpha value is -3.94. The summed E-state index contributed by atoms with van der Waals surface area (Å²) in [6.45, 7) is 0.0487. The van der Waals surface area contributed by atoms with Gasteiger partial charge in [0.15, 0.2) is 23.1 Å². The molecular formula is C23H18F2N2O4. The molecule has 0 bridgehead atoms. The molecule has 8 heteroatoms. The fraction of sp³-hybridized carbons (Fsp3) is 0.130. The van der Waals surface area contributed by atoms with Crippen LogP contribution in [0.1, 0.15) is 5.56 Å². The minimum absolute atomic E-state index is 0.0487. The number of para-hydroxylation sites is 1. The Kier molecular flexibility index (Phi) is 5.79. The van der Waals surface area contributed by atoms with Gasteiger partial charge in [0.1, 0.15) is 12.4 Å². The van der Waals surface area contributed by atoms with E-state index in [2.05, 4.69) is 10.1 Å². The van der Waals surface area contributed by atoms with Gasteiger partial charge in [-0.05, 0) is 48.0 Å². The van der Waals surface area contributed by atoms with E-state index < -0.39 is 11.6 Å². The van der Waals surface area contributed by atoms with Crippen LogP contribution in [0.25, 0.3) is 22.8 Å². The van der Waals surface area contributed by atoms with E-state index in [-0.39, 0.29) is 6.61 Å². The van der Waals surface area contributed by atoms with Gasteiger partial charge in [-0.3, -0.25) is 0 Å². The molecule has 0 aliphatic heterocycles. The molecule has 6 nitrogen and oxygen atoms in total. The van der Waals surface area contributed by atoms with Crippen molar-refractivity contribution < 1.29 is 27.5 Å². The zero-order chi connectivity index (χ0) is 21.8. The molecule has 0 fully saturated rings. The second kappa shape index (κ2) is 8.83. The van der Waals surface area contributed by atoms with Crippen LogP contribution < -0.4 is 14.2 Å². The Morgan fingerprint density at radius 3 is 2.42 bits per heavy atom. The molecule has 0 N–H and O–H groups in total. The molecule has 0 spiro atoms. The molecule has 0 radical (unpaired) electrons. The van der Waals surface area contributed by atoms with E-state index >= 15 is 0 Å². The molecule has 0 amide bonds. The van der Waals surface area contributed by atoms with Gasteiger partial charge in [0, 0.05) is 5.56 Å². The zero-order valence-corrected chi connectivity index (χ0v) is 16.8. The van der Waals surface area contributed by atoms with Gasteiger partial charge >= 0.3 is 0 Å². The van der Waals surface area contributed by atoms with Gasteiger partial charge in [0.25, 0.3) is 5.89 Å². The fourth-order valence-electron chi connectivity index (χ4n) is 2.99. The second-order valence-electron chi connectivity index (χ2n) is 6.53. The Balaban J connectivity index is 1.55. The molecule has 4 aromatic rings. The van der Waals surface area contributed by atoms with Gasteiger partial charge < -0.3 is 18.7 Å². The summed E-state index contributed by atoms with van der Waals surface area (Å²) < 4.78 is 48.3. The van der Waals surface area contributed by atoms with Crippen LogP contribution in [0, 0.1) is 11.6 Å². The quantitative estimate of drug-likeness (QED) is 0.402. The van der Waals surface area contributed by atoms with Gasteiger partial charge in [-0.25, -0.2) is 8.78 Å². The van der Waals surface area contributed by atoms with E-state index in [1.807, 2.05) is 18.2 Å². The van der Waals surface area contributed by atoms with Crippen LogP contribution in [0.4, 0.5) is 8.78 Å². The number of halogens is 2. The highest BCUT2D eigenvalue weighted by Gasteiger charge is 2.16. The molecule has 4 rings (SSSR count). The number of benzene rings is 3. The summed E-state index contributed by atoms with van der Waals surface area (Å²) in [5, 5.41) is 4.04. The lowest BCUT2D eigenvalue weighted by molar-refractivity contribution is 0.284. The lowest BCUT2D eigenvalue weighted by atomic mass is 10.1. The lowest BCUT2D eigenvalue weighted by Crippen LogP contribution is -1.99. The molecule has 0 unspecified atom stereocenters. The third-order valence-electron chi connectivity index (χ3n) is 4.56. The van der Waals surface area contributed by atoms with Gasteiger partial charge in [0.05, 0.1) is 19.8 Å². The largest absolute Gasteiger partial charge is 0.496 e. The highest BCUT2D eigenvalue weighted by Crippen LogP contribution is 2.34. The standard InChI is InChI=1S/C23H18F2N2O4/c1-28-19-6-4-3-5-16(19)23-26-22(27-31-23)15-8-10-20(21(12-15)29-2)30-13-14-7-9-17(24)18(25)11-14/h3-12H,13H2,1-2H3. The van der Waals surface area contributed by atoms with E-state index in [1.165, 1.54) is 13.2 Å².